The van der Waals surface area contributed by atoms with Crippen LogP contribution < -0.4 is 5.73 Å². The van der Waals surface area contributed by atoms with E-state index in [2.05, 4.69) is 20.8 Å². The third-order valence-corrected chi connectivity index (χ3v) is 3.80. The van der Waals surface area contributed by atoms with Crippen LogP contribution in [-0.2, 0) is 0 Å². The summed E-state index contributed by atoms with van der Waals surface area (Å²) in [6.45, 7) is 7.16. The van der Waals surface area contributed by atoms with Crippen molar-refractivity contribution >= 4 is 0 Å². The van der Waals surface area contributed by atoms with Gasteiger partial charge in [0.25, 0.3) is 0 Å². The maximum Gasteiger partial charge on any atom is 0.0636 e. The highest BCUT2D eigenvalue weighted by Crippen LogP contribution is 2.56. The van der Waals surface area contributed by atoms with Crippen molar-refractivity contribution in [3.63, 3.8) is 0 Å². The average Bonchev–Trinajstić information content (AvgIpc) is 2.71. The van der Waals surface area contributed by atoms with Crippen molar-refractivity contribution in [3.8, 4) is 0 Å². The summed E-state index contributed by atoms with van der Waals surface area (Å²) in [5.41, 5.74) is 5.84. The highest BCUT2D eigenvalue weighted by molar-refractivity contribution is 5.03. The van der Waals surface area contributed by atoms with E-state index in [1.807, 2.05) is 0 Å². The first-order chi connectivity index (χ1) is 6.06. The van der Waals surface area contributed by atoms with Gasteiger partial charge in [0.05, 0.1) is 6.10 Å². The SMILES string of the molecule is CCCC(CN)C(O)C1(C)CC1C. The van der Waals surface area contributed by atoms with Crippen molar-refractivity contribution in [3.05, 3.63) is 0 Å². The number of hydrogen-bond acceptors (Lipinski definition) is 2. The molecule has 13 heavy (non-hydrogen) atoms. The summed E-state index contributed by atoms with van der Waals surface area (Å²) in [6.07, 6.45) is 3.14. The molecule has 4 unspecified atom stereocenters. The van der Waals surface area contributed by atoms with Crippen LogP contribution in [0.5, 0.6) is 0 Å². The molecule has 1 aliphatic carbocycles. The summed E-state index contributed by atoms with van der Waals surface area (Å²) in [5, 5.41) is 10.1. The molecule has 2 heteroatoms. The summed E-state index contributed by atoms with van der Waals surface area (Å²) >= 11 is 0. The van der Waals surface area contributed by atoms with E-state index in [1.165, 1.54) is 0 Å². The summed E-state index contributed by atoms with van der Waals surface area (Å²) in [6, 6.07) is 0. The van der Waals surface area contributed by atoms with Gasteiger partial charge in [-0.15, -0.1) is 0 Å². The summed E-state index contributed by atoms with van der Waals surface area (Å²) in [7, 11) is 0. The Morgan fingerprint density at radius 2 is 2.15 bits per heavy atom. The van der Waals surface area contributed by atoms with E-state index in [-0.39, 0.29) is 11.5 Å². The van der Waals surface area contributed by atoms with Crippen molar-refractivity contribution in [2.75, 3.05) is 6.54 Å². The Kier molecular flexibility index (Phi) is 3.36. The fourth-order valence-electron chi connectivity index (χ4n) is 2.33. The Hall–Kier alpha value is -0.0800. The zero-order chi connectivity index (χ0) is 10.1. The van der Waals surface area contributed by atoms with Gasteiger partial charge >= 0.3 is 0 Å². The van der Waals surface area contributed by atoms with Crippen LogP contribution in [0.25, 0.3) is 0 Å². The van der Waals surface area contributed by atoms with E-state index in [4.69, 9.17) is 5.73 Å². The quantitative estimate of drug-likeness (QED) is 0.685. The lowest BCUT2D eigenvalue weighted by Gasteiger charge is -2.27. The molecule has 0 radical (unpaired) electrons. The highest BCUT2D eigenvalue weighted by atomic mass is 16.3. The van der Waals surface area contributed by atoms with E-state index in [9.17, 15) is 5.11 Å². The van der Waals surface area contributed by atoms with Gasteiger partial charge < -0.3 is 10.8 Å². The van der Waals surface area contributed by atoms with Crippen LogP contribution in [0.2, 0.25) is 0 Å². The monoisotopic (exact) mass is 185 g/mol. The van der Waals surface area contributed by atoms with E-state index >= 15 is 0 Å². The van der Waals surface area contributed by atoms with Crippen molar-refractivity contribution < 1.29 is 5.11 Å². The second kappa shape index (κ2) is 3.97. The Labute approximate surface area is 81.5 Å². The minimum absolute atomic E-state index is 0.166. The fraction of sp³-hybridized carbons (Fsp3) is 1.00. The predicted molar refractivity (Wildman–Crippen MR) is 55.3 cm³/mol. The van der Waals surface area contributed by atoms with Gasteiger partial charge in [-0.05, 0) is 36.6 Å². The van der Waals surface area contributed by atoms with Gasteiger partial charge in [0.2, 0.25) is 0 Å². The molecule has 1 fully saturated rings. The van der Waals surface area contributed by atoms with Gasteiger partial charge in [-0.25, -0.2) is 0 Å². The number of aliphatic hydroxyl groups excluding tert-OH is 1. The first-order valence-corrected chi connectivity index (χ1v) is 5.44. The largest absolute Gasteiger partial charge is 0.392 e. The van der Waals surface area contributed by atoms with Crippen LogP contribution in [0.15, 0.2) is 0 Å². The second-order valence-electron chi connectivity index (χ2n) is 4.84. The Balaban J connectivity index is 2.49. The molecule has 3 N–H and O–H groups in total. The number of rotatable bonds is 5. The van der Waals surface area contributed by atoms with E-state index in [1.54, 1.807) is 0 Å². The van der Waals surface area contributed by atoms with Crippen molar-refractivity contribution in [1.82, 2.24) is 0 Å². The summed E-state index contributed by atoms with van der Waals surface area (Å²) in [5.74, 6) is 0.980. The Morgan fingerprint density at radius 3 is 2.46 bits per heavy atom. The molecule has 1 saturated carbocycles. The molecule has 1 aliphatic rings. The Bertz CT molecular complexity index is 171. The second-order valence-corrected chi connectivity index (χ2v) is 4.84. The summed E-state index contributed by atoms with van der Waals surface area (Å²) in [4.78, 5) is 0. The smallest absolute Gasteiger partial charge is 0.0636 e. The van der Waals surface area contributed by atoms with Gasteiger partial charge in [0, 0.05) is 0 Å². The van der Waals surface area contributed by atoms with Crippen LogP contribution in [0.1, 0.15) is 40.0 Å². The standard InChI is InChI=1S/C11H23NO/c1-4-5-9(7-12)10(13)11(3)6-8(11)2/h8-10,13H,4-7,12H2,1-3H3. The molecule has 0 aromatic carbocycles. The zero-order valence-electron chi connectivity index (χ0n) is 9.09. The zero-order valence-corrected chi connectivity index (χ0v) is 9.09. The molecule has 4 atom stereocenters. The number of aliphatic hydroxyl groups is 1. The molecule has 0 spiro atoms. The molecule has 0 aliphatic heterocycles. The van der Waals surface area contributed by atoms with Crippen LogP contribution in [0.4, 0.5) is 0 Å². The minimum atomic E-state index is -0.188. The first-order valence-electron chi connectivity index (χ1n) is 5.44. The van der Waals surface area contributed by atoms with Gasteiger partial charge in [-0.2, -0.15) is 0 Å². The minimum Gasteiger partial charge on any atom is -0.392 e. The van der Waals surface area contributed by atoms with E-state index in [0.29, 0.717) is 18.4 Å². The molecule has 0 saturated heterocycles. The van der Waals surface area contributed by atoms with E-state index < -0.39 is 0 Å². The van der Waals surface area contributed by atoms with Crippen LogP contribution >= 0.6 is 0 Å². The van der Waals surface area contributed by atoms with Gasteiger partial charge in [0.15, 0.2) is 0 Å². The molecule has 0 bridgehead atoms. The van der Waals surface area contributed by atoms with Crippen molar-refractivity contribution in [1.29, 1.82) is 0 Å². The van der Waals surface area contributed by atoms with E-state index in [0.717, 1.165) is 19.3 Å². The Morgan fingerprint density at radius 1 is 1.62 bits per heavy atom. The average molecular weight is 185 g/mol. The fourth-order valence-corrected chi connectivity index (χ4v) is 2.33. The van der Waals surface area contributed by atoms with Crippen LogP contribution in [-0.4, -0.2) is 17.8 Å². The highest BCUT2D eigenvalue weighted by Gasteiger charge is 2.53. The van der Waals surface area contributed by atoms with Gasteiger partial charge in [-0.1, -0.05) is 27.2 Å². The lowest BCUT2D eigenvalue weighted by atomic mass is 9.85. The first kappa shape index (κ1) is 11.0. The van der Waals surface area contributed by atoms with Crippen LogP contribution in [0, 0.1) is 17.3 Å². The molecule has 0 aromatic rings. The topological polar surface area (TPSA) is 46.2 Å². The third-order valence-electron chi connectivity index (χ3n) is 3.80. The molecular weight excluding hydrogens is 162 g/mol. The van der Waals surface area contributed by atoms with Crippen molar-refractivity contribution in [2.45, 2.75) is 46.1 Å². The summed E-state index contributed by atoms with van der Waals surface area (Å²) < 4.78 is 0. The molecule has 1 rings (SSSR count). The van der Waals surface area contributed by atoms with Gasteiger partial charge in [-0.3, -0.25) is 0 Å². The lowest BCUT2D eigenvalue weighted by molar-refractivity contribution is 0.0377. The molecular formula is C11H23NO. The van der Waals surface area contributed by atoms with Crippen LogP contribution in [0.3, 0.4) is 0 Å². The van der Waals surface area contributed by atoms with Gasteiger partial charge in [0.1, 0.15) is 0 Å². The third kappa shape index (κ3) is 2.05. The molecule has 78 valence electrons. The molecule has 0 heterocycles. The number of hydrogen-bond donors (Lipinski definition) is 2. The molecule has 2 nitrogen and oxygen atoms in total. The number of nitrogens with two attached hydrogens (primary N) is 1. The van der Waals surface area contributed by atoms with Crippen molar-refractivity contribution in [2.24, 2.45) is 23.0 Å². The lowest BCUT2D eigenvalue weighted by Crippen LogP contribution is -2.34. The molecule has 0 aromatic heterocycles. The maximum absolute atomic E-state index is 10.1. The predicted octanol–water partition coefficient (Wildman–Crippen LogP) is 1.77. The maximum atomic E-state index is 10.1. The normalized spacial score (nSPS) is 37.2. The molecule has 0 amide bonds.